The summed E-state index contributed by atoms with van der Waals surface area (Å²) in [5, 5.41) is 10.9. The van der Waals surface area contributed by atoms with E-state index in [4.69, 9.17) is 9.15 Å². The molecule has 1 aromatic carbocycles. The summed E-state index contributed by atoms with van der Waals surface area (Å²) in [4.78, 5) is 13.0. The standard InChI is InChI=1S/C25H30O4/c1-3-11-25(12-4-13-28-25)23-21(26)16-22(29-24(23)27)20(15-19-9-10-19)14-18-7-5-17(2)6-8-18/h4-8,13,16,19-20,26H,3,9-12,14-15H2,1-2H3. The van der Waals surface area contributed by atoms with Crippen LogP contribution in [0.25, 0.3) is 0 Å². The average Bonchev–Trinajstić information content (AvgIpc) is 3.39. The zero-order valence-electron chi connectivity index (χ0n) is 17.3. The second-order valence-corrected chi connectivity index (χ2v) is 8.70. The number of rotatable bonds is 8. The quantitative estimate of drug-likeness (QED) is 0.623. The first kappa shape index (κ1) is 19.8. The van der Waals surface area contributed by atoms with Crippen LogP contribution >= 0.6 is 0 Å². The molecule has 1 N–H and O–H groups in total. The van der Waals surface area contributed by atoms with E-state index < -0.39 is 11.2 Å². The molecule has 0 radical (unpaired) electrons. The van der Waals surface area contributed by atoms with Crippen molar-refractivity contribution in [2.75, 3.05) is 0 Å². The maximum Gasteiger partial charge on any atom is 0.347 e. The van der Waals surface area contributed by atoms with Gasteiger partial charge in [0.05, 0.1) is 6.26 Å². The van der Waals surface area contributed by atoms with Gasteiger partial charge in [-0.25, -0.2) is 4.79 Å². The number of aryl methyl sites for hydroxylation is 1. The maximum atomic E-state index is 13.0. The van der Waals surface area contributed by atoms with Crippen molar-refractivity contribution in [2.24, 2.45) is 5.92 Å². The summed E-state index contributed by atoms with van der Waals surface area (Å²) < 4.78 is 11.6. The van der Waals surface area contributed by atoms with E-state index in [1.807, 2.05) is 13.0 Å². The Bertz CT molecular complexity index is 926. The molecule has 29 heavy (non-hydrogen) atoms. The van der Waals surface area contributed by atoms with Crippen molar-refractivity contribution in [1.29, 1.82) is 0 Å². The first-order chi connectivity index (χ1) is 14.0. The van der Waals surface area contributed by atoms with Crippen LogP contribution in [-0.4, -0.2) is 5.11 Å². The van der Waals surface area contributed by atoms with Crippen molar-refractivity contribution < 1.29 is 14.3 Å². The number of hydrogen-bond acceptors (Lipinski definition) is 4. The van der Waals surface area contributed by atoms with Crippen molar-refractivity contribution >= 4 is 0 Å². The van der Waals surface area contributed by atoms with E-state index in [9.17, 15) is 9.90 Å². The Kier molecular flexibility index (Phi) is 5.53. The van der Waals surface area contributed by atoms with Gasteiger partial charge in [0, 0.05) is 18.4 Å². The lowest BCUT2D eigenvalue weighted by Crippen LogP contribution is -2.31. The molecule has 4 heteroatoms. The van der Waals surface area contributed by atoms with Crippen LogP contribution in [0.3, 0.4) is 0 Å². The van der Waals surface area contributed by atoms with Gasteiger partial charge in [0.2, 0.25) is 0 Å². The molecule has 1 aliphatic heterocycles. The highest BCUT2D eigenvalue weighted by Crippen LogP contribution is 2.44. The molecule has 0 spiro atoms. The summed E-state index contributed by atoms with van der Waals surface area (Å²) in [5.41, 5.74) is 1.43. The number of aromatic hydroxyl groups is 1. The van der Waals surface area contributed by atoms with Gasteiger partial charge < -0.3 is 14.3 Å². The second-order valence-electron chi connectivity index (χ2n) is 8.70. The Morgan fingerprint density at radius 3 is 2.59 bits per heavy atom. The molecule has 1 aromatic heterocycles. The van der Waals surface area contributed by atoms with Gasteiger partial charge in [-0.1, -0.05) is 56.0 Å². The summed E-state index contributed by atoms with van der Waals surface area (Å²) in [7, 11) is 0. The van der Waals surface area contributed by atoms with Crippen LogP contribution in [0, 0.1) is 12.8 Å². The van der Waals surface area contributed by atoms with Crippen LogP contribution in [0.2, 0.25) is 0 Å². The molecule has 1 saturated carbocycles. The highest BCUT2D eigenvalue weighted by molar-refractivity contribution is 5.38. The fourth-order valence-corrected chi connectivity index (χ4v) is 4.50. The highest BCUT2D eigenvalue weighted by atomic mass is 16.5. The summed E-state index contributed by atoms with van der Waals surface area (Å²) in [5.74, 6) is 1.36. The average molecular weight is 395 g/mol. The molecule has 2 heterocycles. The first-order valence-corrected chi connectivity index (χ1v) is 10.8. The minimum Gasteiger partial charge on any atom is -0.507 e. The second kappa shape index (κ2) is 8.10. The van der Waals surface area contributed by atoms with Crippen LogP contribution in [0.1, 0.15) is 73.8 Å². The minimum absolute atomic E-state index is 0.00176. The van der Waals surface area contributed by atoms with Gasteiger partial charge in [0.15, 0.2) is 0 Å². The zero-order chi connectivity index (χ0) is 20.4. The Morgan fingerprint density at radius 1 is 1.24 bits per heavy atom. The lowest BCUT2D eigenvalue weighted by Gasteiger charge is -2.28. The van der Waals surface area contributed by atoms with Crippen molar-refractivity contribution in [2.45, 2.75) is 70.3 Å². The third-order valence-corrected chi connectivity index (χ3v) is 6.22. The molecule has 1 aliphatic carbocycles. The van der Waals surface area contributed by atoms with Crippen LogP contribution in [0.5, 0.6) is 5.75 Å². The lowest BCUT2D eigenvalue weighted by molar-refractivity contribution is 0.0256. The van der Waals surface area contributed by atoms with E-state index in [-0.39, 0.29) is 17.2 Å². The largest absolute Gasteiger partial charge is 0.507 e. The van der Waals surface area contributed by atoms with Crippen LogP contribution in [0.4, 0.5) is 0 Å². The Balaban J connectivity index is 1.66. The Hall–Kier alpha value is -2.49. The topological polar surface area (TPSA) is 59.7 Å². The number of benzene rings is 1. The predicted molar refractivity (Wildman–Crippen MR) is 113 cm³/mol. The molecular formula is C25H30O4. The van der Waals surface area contributed by atoms with E-state index >= 15 is 0 Å². The molecule has 4 rings (SSSR count). The monoisotopic (exact) mass is 394 g/mol. The summed E-state index contributed by atoms with van der Waals surface area (Å²) in [6.45, 7) is 4.12. The molecule has 0 amide bonds. The van der Waals surface area contributed by atoms with Crippen LogP contribution in [-0.2, 0) is 16.8 Å². The van der Waals surface area contributed by atoms with Gasteiger partial charge in [0.1, 0.15) is 22.7 Å². The molecule has 0 bridgehead atoms. The normalized spacial score (nSPS) is 21.9. The summed E-state index contributed by atoms with van der Waals surface area (Å²) in [6.07, 6.45) is 9.85. The van der Waals surface area contributed by atoms with Crippen LogP contribution < -0.4 is 5.63 Å². The Morgan fingerprint density at radius 2 is 2.00 bits per heavy atom. The molecular weight excluding hydrogens is 364 g/mol. The number of ether oxygens (including phenoxy) is 1. The minimum atomic E-state index is -0.805. The van der Waals surface area contributed by atoms with Crippen LogP contribution in [0.15, 0.2) is 51.9 Å². The van der Waals surface area contributed by atoms with Crippen molar-refractivity contribution in [3.05, 3.63) is 75.5 Å². The third kappa shape index (κ3) is 4.26. The summed E-state index contributed by atoms with van der Waals surface area (Å²) >= 11 is 0. The third-order valence-electron chi connectivity index (χ3n) is 6.22. The van der Waals surface area contributed by atoms with E-state index in [0.717, 1.165) is 19.3 Å². The van der Waals surface area contributed by atoms with Gasteiger partial charge in [0.25, 0.3) is 0 Å². The van der Waals surface area contributed by atoms with E-state index in [1.54, 1.807) is 12.3 Å². The fourth-order valence-electron chi connectivity index (χ4n) is 4.50. The lowest BCUT2D eigenvalue weighted by atomic mass is 9.86. The zero-order valence-corrected chi connectivity index (χ0v) is 17.3. The van der Waals surface area contributed by atoms with E-state index in [2.05, 4.69) is 31.2 Å². The van der Waals surface area contributed by atoms with Crippen molar-refractivity contribution in [3.8, 4) is 5.75 Å². The molecule has 2 unspecified atom stereocenters. The van der Waals surface area contributed by atoms with Gasteiger partial charge in [-0.3, -0.25) is 0 Å². The first-order valence-electron chi connectivity index (χ1n) is 10.8. The maximum absolute atomic E-state index is 13.0. The molecule has 1 fully saturated rings. The van der Waals surface area contributed by atoms with E-state index in [1.165, 1.54) is 24.0 Å². The van der Waals surface area contributed by atoms with Gasteiger partial charge in [-0.15, -0.1) is 0 Å². The smallest absolute Gasteiger partial charge is 0.347 e. The van der Waals surface area contributed by atoms with Gasteiger partial charge in [-0.2, -0.15) is 0 Å². The molecule has 4 nitrogen and oxygen atoms in total. The van der Waals surface area contributed by atoms with Crippen molar-refractivity contribution in [1.82, 2.24) is 0 Å². The molecule has 2 aromatic rings. The predicted octanol–water partition coefficient (Wildman–Crippen LogP) is 5.71. The van der Waals surface area contributed by atoms with Gasteiger partial charge in [-0.05, 0) is 43.7 Å². The summed E-state index contributed by atoms with van der Waals surface area (Å²) in [6, 6.07) is 10.2. The van der Waals surface area contributed by atoms with E-state index in [0.29, 0.717) is 24.5 Å². The molecule has 2 aliphatic rings. The Labute approximate surface area is 172 Å². The molecule has 2 atom stereocenters. The van der Waals surface area contributed by atoms with Crippen molar-refractivity contribution in [3.63, 3.8) is 0 Å². The fraction of sp³-hybridized carbons (Fsp3) is 0.480. The number of hydrogen-bond donors (Lipinski definition) is 1. The van der Waals surface area contributed by atoms with Gasteiger partial charge >= 0.3 is 5.63 Å². The SMILES string of the molecule is CCCC1(c2c(O)cc(C(Cc3ccc(C)cc3)CC3CC3)oc2=O)CC=CO1. The highest BCUT2D eigenvalue weighted by Gasteiger charge is 2.41. The molecule has 0 saturated heterocycles. The molecule has 154 valence electrons.